The molecule has 0 heterocycles. The van der Waals surface area contributed by atoms with E-state index in [1.807, 2.05) is 0 Å². The summed E-state index contributed by atoms with van der Waals surface area (Å²) in [4.78, 5) is 10.8. The molecular weight excluding hydrogens is 350 g/mol. The maximum absolute atomic E-state index is 13.9. The van der Waals surface area contributed by atoms with Crippen molar-refractivity contribution in [2.45, 2.75) is 6.92 Å². The fourth-order valence-corrected chi connectivity index (χ4v) is 1.93. The number of carbonyl (C=O) groups is 1. The molecule has 0 aliphatic carbocycles. The topological polar surface area (TPSA) is 29.1 Å². The molecule has 0 unspecified atom stereocenters. The molecule has 0 aliphatic heterocycles. The third-order valence-corrected chi connectivity index (χ3v) is 2.93. The monoisotopic (exact) mass is 355 g/mol. The summed E-state index contributed by atoms with van der Waals surface area (Å²) in [5.74, 6) is -19.4. The Hall–Kier alpha value is -2.65. The lowest BCUT2D eigenvalue weighted by Gasteiger charge is -2.13. The van der Waals surface area contributed by atoms with Crippen LogP contribution in [0.15, 0.2) is 6.07 Å². The number of hydrogen-bond donors (Lipinski definition) is 1. The van der Waals surface area contributed by atoms with E-state index in [-0.39, 0.29) is 6.07 Å². The number of carbonyl (C=O) groups excluding carboxylic acids is 1. The third kappa shape index (κ3) is 2.68. The van der Waals surface area contributed by atoms with Crippen LogP contribution < -0.4 is 5.32 Å². The quantitative estimate of drug-likeness (QED) is 0.482. The molecule has 0 radical (unpaired) electrons. The second kappa shape index (κ2) is 6.10. The zero-order valence-electron chi connectivity index (χ0n) is 11.5. The van der Waals surface area contributed by atoms with Crippen LogP contribution >= 0.6 is 0 Å². The van der Waals surface area contributed by atoms with Gasteiger partial charge in [-0.15, -0.1) is 0 Å². The number of amides is 1. The van der Waals surface area contributed by atoms with Crippen LogP contribution in [0.2, 0.25) is 0 Å². The third-order valence-electron chi connectivity index (χ3n) is 2.93. The Balaban J connectivity index is 2.85. The van der Waals surface area contributed by atoms with Crippen molar-refractivity contribution in [1.29, 1.82) is 0 Å². The van der Waals surface area contributed by atoms with Crippen molar-refractivity contribution in [1.82, 2.24) is 0 Å². The summed E-state index contributed by atoms with van der Waals surface area (Å²) >= 11 is 0. The molecule has 0 aromatic heterocycles. The van der Waals surface area contributed by atoms with Gasteiger partial charge in [-0.1, -0.05) is 0 Å². The van der Waals surface area contributed by atoms with Crippen LogP contribution in [-0.2, 0) is 4.79 Å². The molecular formula is C14H5F8NO. The largest absolute Gasteiger partial charge is 0.324 e. The van der Waals surface area contributed by atoms with Crippen LogP contribution in [0.4, 0.5) is 40.8 Å². The second-order valence-corrected chi connectivity index (χ2v) is 4.54. The van der Waals surface area contributed by atoms with E-state index in [9.17, 15) is 39.9 Å². The first-order chi connectivity index (χ1) is 11.1. The zero-order valence-corrected chi connectivity index (χ0v) is 11.5. The molecule has 0 aliphatic rings. The van der Waals surface area contributed by atoms with E-state index in [0.29, 0.717) is 0 Å². The van der Waals surface area contributed by atoms with Crippen molar-refractivity contribution in [3.8, 4) is 11.1 Å². The Kier molecular flexibility index (Phi) is 4.50. The van der Waals surface area contributed by atoms with E-state index in [1.54, 1.807) is 5.32 Å². The molecule has 2 aromatic rings. The molecule has 128 valence electrons. The van der Waals surface area contributed by atoms with Crippen LogP contribution in [0, 0.1) is 46.5 Å². The van der Waals surface area contributed by atoms with Gasteiger partial charge < -0.3 is 5.32 Å². The highest BCUT2D eigenvalue weighted by Crippen LogP contribution is 2.37. The highest BCUT2D eigenvalue weighted by Gasteiger charge is 2.31. The standard InChI is InChI=1S/C14H5F8NO/c1-3(24)23-5-2-4(15)6(9(17)8(5)16)7-10(18)12(20)14(22)13(21)11(7)19/h2H,1H3,(H,23,24). The Bertz CT molecular complexity index is 836. The zero-order chi connectivity index (χ0) is 18.3. The fraction of sp³-hybridized carbons (Fsp3) is 0.0714. The van der Waals surface area contributed by atoms with Crippen molar-refractivity contribution in [3.05, 3.63) is 52.6 Å². The number of rotatable bonds is 2. The van der Waals surface area contributed by atoms with Crippen molar-refractivity contribution < 1.29 is 39.9 Å². The van der Waals surface area contributed by atoms with Gasteiger partial charge in [-0.05, 0) is 0 Å². The molecule has 0 fully saturated rings. The molecule has 2 rings (SSSR count). The minimum absolute atomic E-state index is 0.146. The van der Waals surface area contributed by atoms with Gasteiger partial charge in [-0.25, -0.2) is 35.1 Å². The summed E-state index contributed by atoms with van der Waals surface area (Å²) in [6.07, 6.45) is 0. The first-order valence-electron chi connectivity index (χ1n) is 6.04. The van der Waals surface area contributed by atoms with Crippen LogP contribution in [0.5, 0.6) is 0 Å². The van der Waals surface area contributed by atoms with Crippen LogP contribution in [0.1, 0.15) is 6.92 Å². The predicted octanol–water partition coefficient (Wildman–Crippen LogP) is 4.42. The van der Waals surface area contributed by atoms with E-state index in [1.165, 1.54) is 0 Å². The van der Waals surface area contributed by atoms with Gasteiger partial charge in [0, 0.05) is 13.0 Å². The van der Waals surface area contributed by atoms with E-state index in [4.69, 9.17) is 0 Å². The highest BCUT2D eigenvalue weighted by atomic mass is 19.2. The summed E-state index contributed by atoms with van der Waals surface area (Å²) in [7, 11) is 0. The molecule has 1 amide bonds. The molecule has 10 heteroatoms. The van der Waals surface area contributed by atoms with E-state index < -0.39 is 69.3 Å². The Morgan fingerprint density at radius 1 is 0.708 bits per heavy atom. The molecule has 2 nitrogen and oxygen atoms in total. The lowest BCUT2D eigenvalue weighted by Crippen LogP contribution is -2.11. The van der Waals surface area contributed by atoms with Gasteiger partial charge in [0.05, 0.1) is 16.8 Å². The summed E-state index contributed by atoms with van der Waals surface area (Å²) in [5.41, 5.74) is -4.77. The van der Waals surface area contributed by atoms with Gasteiger partial charge in [-0.2, -0.15) is 0 Å². The summed E-state index contributed by atoms with van der Waals surface area (Å²) < 4.78 is 108. The van der Waals surface area contributed by atoms with Gasteiger partial charge in [0.2, 0.25) is 11.7 Å². The van der Waals surface area contributed by atoms with E-state index in [0.717, 1.165) is 6.92 Å². The van der Waals surface area contributed by atoms with Crippen molar-refractivity contribution in [2.75, 3.05) is 5.32 Å². The van der Waals surface area contributed by atoms with Crippen molar-refractivity contribution in [3.63, 3.8) is 0 Å². The van der Waals surface area contributed by atoms with Crippen LogP contribution in [0.25, 0.3) is 11.1 Å². The van der Waals surface area contributed by atoms with Gasteiger partial charge in [0.15, 0.2) is 34.9 Å². The summed E-state index contributed by atoms with van der Waals surface area (Å²) in [6, 6.07) is 0.146. The summed E-state index contributed by atoms with van der Waals surface area (Å²) in [6.45, 7) is 0.882. The highest BCUT2D eigenvalue weighted by molar-refractivity contribution is 5.89. The molecule has 0 saturated carbocycles. The lowest BCUT2D eigenvalue weighted by molar-refractivity contribution is -0.114. The Morgan fingerprint density at radius 3 is 1.58 bits per heavy atom. The molecule has 0 spiro atoms. The number of nitrogens with one attached hydrogen (secondary N) is 1. The summed E-state index contributed by atoms with van der Waals surface area (Å²) in [5, 5.41) is 1.70. The smallest absolute Gasteiger partial charge is 0.221 e. The minimum Gasteiger partial charge on any atom is -0.324 e. The Morgan fingerprint density at radius 2 is 1.12 bits per heavy atom. The minimum atomic E-state index is -2.54. The molecule has 2 aromatic carbocycles. The predicted molar refractivity (Wildman–Crippen MR) is 65.8 cm³/mol. The molecule has 0 bridgehead atoms. The number of benzene rings is 2. The number of halogens is 8. The molecule has 24 heavy (non-hydrogen) atoms. The SMILES string of the molecule is CC(=O)Nc1cc(F)c(-c2c(F)c(F)c(F)c(F)c2F)c(F)c1F. The van der Waals surface area contributed by atoms with E-state index in [2.05, 4.69) is 0 Å². The Labute approximate surface area is 128 Å². The second-order valence-electron chi connectivity index (χ2n) is 4.54. The fourth-order valence-electron chi connectivity index (χ4n) is 1.93. The number of anilines is 1. The van der Waals surface area contributed by atoms with Gasteiger partial charge in [-0.3, -0.25) is 4.79 Å². The van der Waals surface area contributed by atoms with Gasteiger partial charge in [0.25, 0.3) is 0 Å². The van der Waals surface area contributed by atoms with E-state index >= 15 is 0 Å². The van der Waals surface area contributed by atoms with Crippen LogP contribution in [-0.4, -0.2) is 5.91 Å². The molecule has 1 N–H and O–H groups in total. The van der Waals surface area contributed by atoms with Gasteiger partial charge in [0.1, 0.15) is 5.82 Å². The van der Waals surface area contributed by atoms with Crippen molar-refractivity contribution in [2.24, 2.45) is 0 Å². The van der Waals surface area contributed by atoms with Crippen molar-refractivity contribution >= 4 is 11.6 Å². The number of hydrogen-bond acceptors (Lipinski definition) is 1. The molecule has 0 atom stereocenters. The first-order valence-corrected chi connectivity index (χ1v) is 6.04. The maximum atomic E-state index is 13.9. The normalized spacial score (nSPS) is 10.9. The molecule has 0 saturated heterocycles. The maximum Gasteiger partial charge on any atom is 0.221 e. The average Bonchev–Trinajstić information content (AvgIpc) is 2.51. The lowest BCUT2D eigenvalue weighted by atomic mass is 10.0. The first kappa shape index (κ1) is 17.7. The average molecular weight is 355 g/mol. The van der Waals surface area contributed by atoms with Gasteiger partial charge >= 0.3 is 0 Å². The van der Waals surface area contributed by atoms with Crippen LogP contribution in [0.3, 0.4) is 0 Å².